The number of anilines is 1. The smallest absolute Gasteiger partial charge is 0.162 e. The maximum absolute atomic E-state index is 5.93. The van der Waals surface area contributed by atoms with Crippen LogP contribution in [0, 0.1) is 6.92 Å². The van der Waals surface area contributed by atoms with Gasteiger partial charge in [0.1, 0.15) is 6.61 Å². The summed E-state index contributed by atoms with van der Waals surface area (Å²) in [5, 5.41) is 4.29. The van der Waals surface area contributed by atoms with Gasteiger partial charge in [0.2, 0.25) is 0 Å². The summed E-state index contributed by atoms with van der Waals surface area (Å²) in [7, 11) is 1.64. The molecule has 0 unspecified atom stereocenters. The molecule has 140 valence electrons. The SMILES string of the molecule is COc1ccc(/C=N/Nc2ccc(C)cc2)cc1OCc1ccccc1.Cl. The molecule has 0 aromatic heterocycles. The van der Waals surface area contributed by atoms with Gasteiger partial charge in [-0.25, -0.2) is 0 Å². The highest BCUT2D eigenvalue weighted by atomic mass is 35.5. The predicted molar refractivity (Wildman–Crippen MR) is 113 cm³/mol. The molecule has 5 heteroatoms. The Bertz CT molecular complexity index is 865. The van der Waals surface area contributed by atoms with Crippen LogP contribution in [-0.2, 0) is 6.61 Å². The van der Waals surface area contributed by atoms with E-state index in [2.05, 4.69) is 17.5 Å². The standard InChI is InChI=1S/C22H22N2O2.ClH/c1-17-8-11-20(12-9-17)24-23-15-19-10-13-21(25-2)22(14-19)26-16-18-6-4-3-5-7-18;/h3-15,24H,16H2,1-2H3;1H/b23-15+;. The zero-order chi connectivity index (χ0) is 18.2. The number of nitrogens with zero attached hydrogens (tertiary/aromatic N) is 1. The number of aryl methyl sites for hydroxylation is 1. The second kappa shape index (κ2) is 10.2. The van der Waals surface area contributed by atoms with Crippen LogP contribution in [-0.4, -0.2) is 13.3 Å². The topological polar surface area (TPSA) is 42.8 Å². The molecule has 1 N–H and O–H groups in total. The first-order valence-corrected chi connectivity index (χ1v) is 8.45. The van der Waals surface area contributed by atoms with Crippen molar-refractivity contribution in [2.45, 2.75) is 13.5 Å². The lowest BCUT2D eigenvalue weighted by atomic mass is 10.2. The van der Waals surface area contributed by atoms with Crippen molar-refractivity contribution < 1.29 is 9.47 Å². The normalized spacial score (nSPS) is 10.3. The summed E-state index contributed by atoms with van der Waals surface area (Å²) in [6.45, 7) is 2.54. The fourth-order valence-electron chi connectivity index (χ4n) is 2.43. The maximum atomic E-state index is 5.93. The summed E-state index contributed by atoms with van der Waals surface area (Å²) in [6, 6.07) is 23.9. The number of hydrazone groups is 1. The first-order chi connectivity index (χ1) is 12.7. The Morgan fingerprint density at radius 2 is 1.67 bits per heavy atom. The fraction of sp³-hybridized carbons (Fsp3) is 0.136. The van der Waals surface area contributed by atoms with Gasteiger partial charge in [0.25, 0.3) is 0 Å². The molecule has 27 heavy (non-hydrogen) atoms. The molecule has 4 nitrogen and oxygen atoms in total. The molecule has 0 radical (unpaired) electrons. The Hall–Kier alpha value is -2.98. The number of hydrogen-bond donors (Lipinski definition) is 1. The molecular weight excluding hydrogens is 360 g/mol. The molecule has 0 aliphatic heterocycles. The van der Waals surface area contributed by atoms with Crippen molar-refractivity contribution in [2.24, 2.45) is 5.10 Å². The molecule has 0 saturated heterocycles. The maximum Gasteiger partial charge on any atom is 0.162 e. The lowest BCUT2D eigenvalue weighted by Gasteiger charge is -2.11. The second-order valence-electron chi connectivity index (χ2n) is 5.92. The first-order valence-electron chi connectivity index (χ1n) is 8.45. The van der Waals surface area contributed by atoms with Crippen LogP contribution in [0.25, 0.3) is 0 Å². The van der Waals surface area contributed by atoms with Gasteiger partial charge >= 0.3 is 0 Å². The van der Waals surface area contributed by atoms with E-state index in [9.17, 15) is 0 Å². The molecule has 0 aliphatic carbocycles. The summed E-state index contributed by atoms with van der Waals surface area (Å²) in [4.78, 5) is 0. The second-order valence-corrected chi connectivity index (χ2v) is 5.92. The van der Waals surface area contributed by atoms with E-state index in [-0.39, 0.29) is 12.4 Å². The molecule has 3 aromatic carbocycles. The quantitative estimate of drug-likeness (QED) is 0.436. The number of benzene rings is 3. The Morgan fingerprint density at radius 3 is 2.37 bits per heavy atom. The average molecular weight is 383 g/mol. The van der Waals surface area contributed by atoms with Gasteiger partial charge in [0, 0.05) is 0 Å². The van der Waals surface area contributed by atoms with Crippen molar-refractivity contribution in [1.82, 2.24) is 0 Å². The summed E-state index contributed by atoms with van der Waals surface area (Å²) in [5.41, 5.74) is 7.22. The average Bonchev–Trinajstić information content (AvgIpc) is 2.69. The third-order valence-corrected chi connectivity index (χ3v) is 3.88. The van der Waals surface area contributed by atoms with E-state index in [0.717, 1.165) is 16.8 Å². The lowest BCUT2D eigenvalue weighted by molar-refractivity contribution is 0.284. The van der Waals surface area contributed by atoms with Gasteiger partial charge in [0.05, 0.1) is 19.0 Å². The Kier molecular flexibility index (Phi) is 7.71. The van der Waals surface area contributed by atoms with Crippen molar-refractivity contribution >= 4 is 24.3 Å². The fourth-order valence-corrected chi connectivity index (χ4v) is 2.43. The number of ether oxygens (including phenoxy) is 2. The molecule has 0 aliphatic rings. The molecule has 3 rings (SSSR count). The van der Waals surface area contributed by atoms with Gasteiger partial charge in [-0.1, -0.05) is 48.0 Å². The number of hydrogen-bond acceptors (Lipinski definition) is 4. The number of halogens is 1. The van der Waals surface area contributed by atoms with Crippen LogP contribution in [0.5, 0.6) is 11.5 Å². The van der Waals surface area contributed by atoms with Crippen molar-refractivity contribution in [3.05, 3.63) is 89.5 Å². The Balaban J connectivity index is 0.00000261. The van der Waals surface area contributed by atoms with E-state index >= 15 is 0 Å². The summed E-state index contributed by atoms with van der Waals surface area (Å²) in [6.07, 6.45) is 1.76. The number of nitrogens with one attached hydrogen (secondary N) is 1. The third kappa shape index (κ3) is 6.04. The van der Waals surface area contributed by atoms with Crippen LogP contribution in [0.3, 0.4) is 0 Å². The highest BCUT2D eigenvalue weighted by molar-refractivity contribution is 5.85. The third-order valence-electron chi connectivity index (χ3n) is 3.88. The number of rotatable bonds is 7. The van der Waals surface area contributed by atoms with E-state index < -0.39 is 0 Å². The number of methoxy groups -OCH3 is 1. The largest absolute Gasteiger partial charge is 0.493 e. The van der Waals surface area contributed by atoms with E-state index in [4.69, 9.17) is 9.47 Å². The minimum absolute atomic E-state index is 0. The van der Waals surface area contributed by atoms with Crippen LogP contribution >= 0.6 is 12.4 Å². The van der Waals surface area contributed by atoms with Crippen LogP contribution < -0.4 is 14.9 Å². The summed E-state index contributed by atoms with van der Waals surface area (Å²) in [5.74, 6) is 1.39. The Morgan fingerprint density at radius 1 is 0.926 bits per heavy atom. The summed E-state index contributed by atoms with van der Waals surface area (Å²) < 4.78 is 11.3. The van der Waals surface area contributed by atoms with E-state index in [1.54, 1.807) is 13.3 Å². The monoisotopic (exact) mass is 382 g/mol. The molecule has 0 atom stereocenters. The van der Waals surface area contributed by atoms with Crippen LogP contribution in [0.2, 0.25) is 0 Å². The molecule has 0 heterocycles. The van der Waals surface area contributed by atoms with Gasteiger partial charge in [-0.05, 0) is 48.4 Å². The van der Waals surface area contributed by atoms with Gasteiger partial charge in [0.15, 0.2) is 11.5 Å². The molecule has 0 bridgehead atoms. The van der Waals surface area contributed by atoms with Gasteiger partial charge in [-0.15, -0.1) is 12.4 Å². The van der Waals surface area contributed by atoms with E-state index in [0.29, 0.717) is 18.1 Å². The molecule has 0 saturated carbocycles. The first kappa shape index (κ1) is 20.3. The molecular formula is C22H23ClN2O2. The zero-order valence-corrected chi connectivity index (χ0v) is 16.2. The van der Waals surface area contributed by atoms with Crippen LogP contribution in [0.1, 0.15) is 16.7 Å². The molecule has 0 fully saturated rings. The van der Waals surface area contributed by atoms with Crippen molar-refractivity contribution in [3.8, 4) is 11.5 Å². The molecule has 0 spiro atoms. The Labute approximate surface area is 166 Å². The zero-order valence-electron chi connectivity index (χ0n) is 15.4. The van der Waals surface area contributed by atoms with Gasteiger partial charge in [-0.2, -0.15) is 5.10 Å². The molecule has 0 amide bonds. The van der Waals surface area contributed by atoms with Crippen LogP contribution in [0.15, 0.2) is 77.9 Å². The minimum atomic E-state index is 0. The summed E-state index contributed by atoms with van der Waals surface area (Å²) >= 11 is 0. The van der Waals surface area contributed by atoms with Crippen molar-refractivity contribution in [1.29, 1.82) is 0 Å². The van der Waals surface area contributed by atoms with E-state index in [1.807, 2.05) is 72.8 Å². The van der Waals surface area contributed by atoms with Crippen molar-refractivity contribution in [3.63, 3.8) is 0 Å². The highest BCUT2D eigenvalue weighted by Gasteiger charge is 2.05. The highest BCUT2D eigenvalue weighted by Crippen LogP contribution is 2.28. The van der Waals surface area contributed by atoms with Gasteiger partial charge < -0.3 is 9.47 Å². The van der Waals surface area contributed by atoms with Crippen LogP contribution in [0.4, 0.5) is 5.69 Å². The van der Waals surface area contributed by atoms with Crippen molar-refractivity contribution in [2.75, 3.05) is 12.5 Å². The van der Waals surface area contributed by atoms with E-state index in [1.165, 1.54) is 5.56 Å². The lowest BCUT2D eigenvalue weighted by Crippen LogP contribution is -1.99. The predicted octanol–water partition coefficient (Wildman–Crippen LogP) is 5.45. The minimum Gasteiger partial charge on any atom is -0.493 e. The molecule has 3 aromatic rings. The van der Waals surface area contributed by atoms with Gasteiger partial charge in [-0.3, -0.25) is 5.43 Å².